The lowest BCUT2D eigenvalue weighted by Crippen LogP contribution is -2.12. The SMILES string of the molecule is Cc1cccc(Cl)c1C1CNC(=O)O1. The van der Waals surface area contributed by atoms with Gasteiger partial charge in [0.25, 0.3) is 0 Å². The largest absolute Gasteiger partial charge is 0.439 e. The van der Waals surface area contributed by atoms with Gasteiger partial charge in [-0.15, -0.1) is 0 Å². The van der Waals surface area contributed by atoms with Gasteiger partial charge in [0.2, 0.25) is 0 Å². The number of carbonyl (C=O) groups excluding carboxylic acids is 1. The number of amides is 1. The maximum atomic E-state index is 10.9. The van der Waals surface area contributed by atoms with Gasteiger partial charge in [-0.05, 0) is 18.6 Å². The van der Waals surface area contributed by atoms with Crippen LogP contribution in [0, 0.1) is 6.92 Å². The fourth-order valence-corrected chi connectivity index (χ4v) is 1.95. The first kappa shape index (κ1) is 9.34. The van der Waals surface area contributed by atoms with Crippen LogP contribution in [0.5, 0.6) is 0 Å². The number of aryl methyl sites for hydroxylation is 1. The summed E-state index contributed by atoms with van der Waals surface area (Å²) in [4.78, 5) is 10.9. The molecule has 1 heterocycles. The van der Waals surface area contributed by atoms with Crippen LogP contribution in [0.1, 0.15) is 17.2 Å². The minimum absolute atomic E-state index is 0.254. The van der Waals surface area contributed by atoms with Gasteiger partial charge in [0, 0.05) is 10.6 Å². The molecule has 1 amide bonds. The van der Waals surface area contributed by atoms with E-state index in [1.165, 1.54) is 0 Å². The van der Waals surface area contributed by atoms with Crippen molar-refractivity contribution in [2.75, 3.05) is 6.54 Å². The van der Waals surface area contributed by atoms with Gasteiger partial charge in [-0.2, -0.15) is 0 Å². The van der Waals surface area contributed by atoms with Gasteiger partial charge >= 0.3 is 6.09 Å². The Morgan fingerprint density at radius 2 is 2.36 bits per heavy atom. The number of rotatable bonds is 1. The van der Waals surface area contributed by atoms with Crippen LogP contribution in [0.4, 0.5) is 4.79 Å². The van der Waals surface area contributed by atoms with E-state index in [1.807, 2.05) is 19.1 Å². The monoisotopic (exact) mass is 211 g/mol. The molecule has 14 heavy (non-hydrogen) atoms. The Labute approximate surface area is 87.0 Å². The molecule has 0 aromatic heterocycles. The molecule has 1 fully saturated rings. The molecule has 3 nitrogen and oxygen atoms in total. The number of halogens is 1. The molecule has 1 aromatic carbocycles. The molecule has 0 bridgehead atoms. The lowest BCUT2D eigenvalue weighted by atomic mass is 10.0. The Balaban J connectivity index is 2.36. The summed E-state index contributed by atoms with van der Waals surface area (Å²) in [5, 5.41) is 3.25. The Bertz CT molecular complexity index is 358. The van der Waals surface area contributed by atoms with Gasteiger partial charge < -0.3 is 10.1 Å². The third-order valence-electron chi connectivity index (χ3n) is 2.27. The third kappa shape index (κ3) is 1.55. The highest BCUT2D eigenvalue weighted by molar-refractivity contribution is 6.31. The van der Waals surface area contributed by atoms with E-state index >= 15 is 0 Å². The second kappa shape index (κ2) is 3.50. The number of nitrogens with one attached hydrogen (secondary N) is 1. The molecular formula is C10H10ClNO2. The molecule has 2 rings (SSSR count). The van der Waals surface area contributed by atoms with Crippen molar-refractivity contribution in [3.8, 4) is 0 Å². The fourth-order valence-electron chi connectivity index (χ4n) is 1.60. The summed E-state index contributed by atoms with van der Waals surface area (Å²) in [6.45, 7) is 2.44. The van der Waals surface area contributed by atoms with Crippen molar-refractivity contribution in [2.45, 2.75) is 13.0 Å². The lowest BCUT2D eigenvalue weighted by Gasteiger charge is -2.12. The average Bonchev–Trinajstić information content (AvgIpc) is 2.51. The smallest absolute Gasteiger partial charge is 0.407 e. The van der Waals surface area contributed by atoms with Gasteiger partial charge in [-0.25, -0.2) is 4.79 Å². The van der Waals surface area contributed by atoms with Crippen LogP contribution < -0.4 is 5.32 Å². The standard InChI is InChI=1S/C10H10ClNO2/c1-6-3-2-4-7(11)9(6)8-5-12-10(13)14-8/h2-4,8H,5H2,1H3,(H,12,13). The molecular weight excluding hydrogens is 202 g/mol. The van der Waals surface area contributed by atoms with Gasteiger partial charge in [0.15, 0.2) is 0 Å². The number of carbonyl (C=O) groups is 1. The topological polar surface area (TPSA) is 38.3 Å². The van der Waals surface area contributed by atoms with Crippen LogP contribution in [0.25, 0.3) is 0 Å². The first-order valence-electron chi connectivity index (χ1n) is 4.38. The molecule has 74 valence electrons. The number of cyclic esters (lactones) is 1. The summed E-state index contributed by atoms with van der Waals surface area (Å²) in [7, 11) is 0. The second-order valence-corrected chi connectivity index (χ2v) is 3.65. The quantitative estimate of drug-likeness (QED) is 0.775. The van der Waals surface area contributed by atoms with Gasteiger partial charge in [-0.1, -0.05) is 23.7 Å². The molecule has 0 spiro atoms. The average molecular weight is 212 g/mol. The van der Waals surface area contributed by atoms with Crippen molar-refractivity contribution in [1.82, 2.24) is 5.32 Å². The van der Waals surface area contributed by atoms with E-state index in [0.717, 1.165) is 11.1 Å². The Morgan fingerprint density at radius 1 is 1.57 bits per heavy atom. The van der Waals surface area contributed by atoms with E-state index in [0.29, 0.717) is 11.6 Å². The molecule has 1 saturated heterocycles. The zero-order chi connectivity index (χ0) is 10.1. The maximum absolute atomic E-state index is 10.9. The molecule has 0 aliphatic carbocycles. The Morgan fingerprint density at radius 3 is 2.93 bits per heavy atom. The van der Waals surface area contributed by atoms with Crippen molar-refractivity contribution < 1.29 is 9.53 Å². The van der Waals surface area contributed by atoms with Crippen molar-refractivity contribution in [3.05, 3.63) is 34.3 Å². The minimum atomic E-state index is -0.380. The normalized spacial score (nSPS) is 20.4. The van der Waals surface area contributed by atoms with Crippen molar-refractivity contribution in [1.29, 1.82) is 0 Å². The highest BCUT2D eigenvalue weighted by atomic mass is 35.5. The van der Waals surface area contributed by atoms with Crippen molar-refractivity contribution in [3.63, 3.8) is 0 Å². The van der Waals surface area contributed by atoms with E-state index in [-0.39, 0.29) is 12.2 Å². The summed E-state index contributed by atoms with van der Waals surface area (Å²) in [6, 6.07) is 5.63. The summed E-state index contributed by atoms with van der Waals surface area (Å²) in [5.41, 5.74) is 1.94. The van der Waals surface area contributed by atoms with Crippen LogP contribution in [-0.4, -0.2) is 12.6 Å². The molecule has 1 aliphatic heterocycles. The zero-order valence-corrected chi connectivity index (χ0v) is 8.47. The summed E-state index contributed by atoms with van der Waals surface area (Å²) in [6.07, 6.45) is -0.634. The maximum Gasteiger partial charge on any atom is 0.407 e. The van der Waals surface area contributed by atoms with E-state index in [2.05, 4.69) is 5.32 Å². The van der Waals surface area contributed by atoms with E-state index in [9.17, 15) is 4.79 Å². The fraction of sp³-hybridized carbons (Fsp3) is 0.300. The molecule has 1 unspecified atom stereocenters. The summed E-state index contributed by atoms with van der Waals surface area (Å²) >= 11 is 6.04. The number of hydrogen-bond acceptors (Lipinski definition) is 2. The van der Waals surface area contributed by atoms with Crippen molar-refractivity contribution in [2.24, 2.45) is 0 Å². The predicted octanol–water partition coefficient (Wildman–Crippen LogP) is 2.43. The van der Waals surface area contributed by atoms with E-state index in [1.54, 1.807) is 6.07 Å². The minimum Gasteiger partial charge on any atom is -0.439 e. The van der Waals surface area contributed by atoms with Crippen LogP contribution in [0.2, 0.25) is 5.02 Å². The second-order valence-electron chi connectivity index (χ2n) is 3.25. The van der Waals surface area contributed by atoms with E-state index in [4.69, 9.17) is 16.3 Å². The third-order valence-corrected chi connectivity index (χ3v) is 2.60. The summed E-state index contributed by atoms with van der Waals surface area (Å²) < 4.78 is 5.07. The number of benzene rings is 1. The zero-order valence-electron chi connectivity index (χ0n) is 7.71. The highest BCUT2D eigenvalue weighted by Crippen LogP contribution is 2.30. The van der Waals surface area contributed by atoms with Crippen LogP contribution in [0.15, 0.2) is 18.2 Å². The number of hydrogen-bond donors (Lipinski definition) is 1. The molecule has 1 atom stereocenters. The van der Waals surface area contributed by atoms with Gasteiger partial charge in [-0.3, -0.25) is 0 Å². The van der Waals surface area contributed by atoms with Gasteiger partial charge in [0.05, 0.1) is 6.54 Å². The van der Waals surface area contributed by atoms with Gasteiger partial charge in [0.1, 0.15) is 6.10 Å². The van der Waals surface area contributed by atoms with Crippen LogP contribution >= 0.6 is 11.6 Å². The molecule has 1 N–H and O–H groups in total. The molecule has 0 saturated carbocycles. The Kier molecular flexibility index (Phi) is 2.33. The molecule has 1 aromatic rings. The lowest BCUT2D eigenvalue weighted by molar-refractivity contribution is 0.141. The summed E-state index contributed by atoms with van der Waals surface area (Å²) in [5.74, 6) is 0. The first-order valence-corrected chi connectivity index (χ1v) is 4.76. The first-order chi connectivity index (χ1) is 6.68. The van der Waals surface area contributed by atoms with Crippen LogP contribution in [0.3, 0.4) is 0 Å². The highest BCUT2D eigenvalue weighted by Gasteiger charge is 2.26. The molecule has 1 aliphatic rings. The van der Waals surface area contributed by atoms with E-state index < -0.39 is 0 Å². The number of ether oxygens (including phenoxy) is 1. The molecule has 4 heteroatoms. The Hall–Kier alpha value is -1.22. The van der Waals surface area contributed by atoms with Crippen molar-refractivity contribution >= 4 is 17.7 Å². The number of alkyl carbamates (subject to hydrolysis) is 1. The van der Waals surface area contributed by atoms with Crippen LogP contribution in [-0.2, 0) is 4.74 Å². The molecule has 0 radical (unpaired) electrons. The predicted molar refractivity (Wildman–Crippen MR) is 53.4 cm³/mol.